The van der Waals surface area contributed by atoms with E-state index in [4.69, 9.17) is 0 Å². The molecule has 0 radical (unpaired) electrons. The molecule has 0 spiro atoms. The number of rotatable bonds is 6. The molecule has 2 aromatic heterocycles. The lowest BCUT2D eigenvalue weighted by atomic mass is 10.1. The number of aromatic nitrogens is 4. The summed E-state index contributed by atoms with van der Waals surface area (Å²) in [6.45, 7) is 4.22. The molecule has 4 rings (SSSR count). The predicted molar refractivity (Wildman–Crippen MR) is 116 cm³/mol. The van der Waals surface area contributed by atoms with Gasteiger partial charge in [-0.3, -0.25) is 4.79 Å². The number of anilines is 2. The smallest absolute Gasteiger partial charge is 0.258 e. The van der Waals surface area contributed by atoms with E-state index < -0.39 is 0 Å². The molecule has 2 aromatic carbocycles. The Hall–Kier alpha value is -2.71. The molecule has 0 amide bonds. The van der Waals surface area contributed by atoms with E-state index in [1.165, 1.54) is 34.2 Å². The van der Waals surface area contributed by atoms with Gasteiger partial charge in [-0.15, -0.1) is 10.2 Å². The zero-order valence-corrected chi connectivity index (χ0v) is 17.2. The summed E-state index contributed by atoms with van der Waals surface area (Å²) in [5.74, 6) is 1.16. The summed E-state index contributed by atoms with van der Waals surface area (Å²) < 4.78 is 0.824. The van der Waals surface area contributed by atoms with Gasteiger partial charge in [-0.1, -0.05) is 60.4 Å². The first-order chi connectivity index (χ1) is 13.6. The zero-order chi connectivity index (χ0) is 19.5. The van der Waals surface area contributed by atoms with Gasteiger partial charge in [0.1, 0.15) is 5.82 Å². The molecule has 0 fully saturated rings. The fraction of sp³-hybridized carbons (Fsp3) is 0.200. The van der Waals surface area contributed by atoms with Crippen LogP contribution in [0, 0.1) is 6.92 Å². The van der Waals surface area contributed by atoms with Crippen molar-refractivity contribution in [3.8, 4) is 0 Å². The van der Waals surface area contributed by atoms with Gasteiger partial charge in [0.15, 0.2) is 4.34 Å². The van der Waals surface area contributed by atoms with Crippen LogP contribution in [0.3, 0.4) is 0 Å². The molecule has 4 aromatic rings. The molecule has 2 N–H and O–H groups in total. The number of aryl methyl sites for hydroxylation is 2. The lowest BCUT2D eigenvalue weighted by molar-refractivity contribution is 1.00. The second kappa shape index (κ2) is 8.12. The summed E-state index contributed by atoms with van der Waals surface area (Å²) in [4.78, 5) is 19.5. The Bertz CT molecular complexity index is 1180. The van der Waals surface area contributed by atoms with Gasteiger partial charge in [0.05, 0.1) is 16.7 Å². The highest BCUT2D eigenvalue weighted by Crippen LogP contribution is 2.31. The fourth-order valence-corrected chi connectivity index (χ4v) is 4.59. The molecule has 2 heterocycles. The summed E-state index contributed by atoms with van der Waals surface area (Å²) >= 11 is 3.00. The third-order valence-corrected chi connectivity index (χ3v) is 6.36. The molecule has 142 valence electrons. The summed E-state index contributed by atoms with van der Waals surface area (Å²) in [6, 6.07) is 13.6. The van der Waals surface area contributed by atoms with Gasteiger partial charge in [-0.05, 0) is 36.6 Å². The molecule has 0 aliphatic heterocycles. The molecular weight excluding hydrogens is 390 g/mol. The van der Waals surface area contributed by atoms with Crippen molar-refractivity contribution in [1.82, 2.24) is 20.2 Å². The average Bonchev–Trinajstić information content (AvgIpc) is 3.15. The molecule has 8 heteroatoms. The topological polar surface area (TPSA) is 83.6 Å². The van der Waals surface area contributed by atoms with E-state index in [2.05, 4.69) is 57.5 Å². The van der Waals surface area contributed by atoms with Crippen molar-refractivity contribution in [3.05, 3.63) is 69.8 Å². The van der Waals surface area contributed by atoms with Crippen LogP contribution in [0.2, 0.25) is 0 Å². The van der Waals surface area contributed by atoms with Crippen molar-refractivity contribution in [2.75, 3.05) is 5.32 Å². The van der Waals surface area contributed by atoms with E-state index in [0.29, 0.717) is 22.5 Å². The number of fused-ring (bicyclic) bond motifs is 1. The van der Waals surface area contributed by atoms with E-state index in [-0.39, 0.29) is 5.56 Å². The monoisotopic (exact) mass is 409 g/mol. The number of H-pyrrole nitrogens is 1. The molecule has 6 nitrogen and oxygen atoms in total. The molecule has 28 heavy (non-hydrogen) atoms. The highest BCUT2D eigenvalue weighted by Gasteiger charge is 2.10. The standard InChI is InChI=1S/C20H19N5OS2/c1-3-13-8-6-7-12(2)17(13)23-19-24-25-20(28-19)27-11-16-21-15-10-5-4-9-14(15)18(26)22-16/h4-10H,3,11H2,1-2H3,(H,23,24)(H,21,22,26). The summed E-state index contributed by atoms with van der Waals surface area (Å²) in [5.41, 5.74) is 4.11. The maximum atomic E-state index is 12.2. The number of thioether (sulfide) groups is 1. The SMILES string of the molecule is CCc1cccc(C)c1Nc1nnc(SCc2nc3ccccc3c(=O)[nH]2)s1. The van der Waals surface area contributed by atoms with Crippen LogP contribution >= 0.6 is 23.1 Å². The number of hydrogen-bond donors (Lipinski definition) is 2. The first kappa shape index (κ1) is 18.6. The number of aromatic amines is 1. The third-order valence-electron chi connectivity index (χ3n) is 4.37. The third kappa shape index (κ3) is 3.93. The molecule has 0 atom stereocenters. The van der Waals surface area contributed by atoms with Crippen molar-refractivity contribution >= 4 is 44.8 Å². The lowest BCUT2D eigenvalue weighted by Gasteiger charge is -2.11. The van der Waals surface area contributed by atoms with Gasteiger partial charge in [0, 0.05) is 5.69 Å². The van der Waals surface area contributed by atoms with Crippen LogP contribution in [0.5, 0.6) is 0 Å². The van der Waals surface area contributed by atoms with Gasteiger partial charge >= 0.3 is 0 Å². The highest BCUT2D eigenvalue weighted by atomic mass is 32.2. The Balaban J connectivity index is 1.48. The van der Waals surface area contributed by atoms with Gasteiger partial charge in [-0.25, -0.2) is 4.98 Å². The summed E-state index contributed by atoms with van der Waals surface area (Å²) in [5, 5.41) is 13.3. The molecule has 0 aliphatic carbocycles. The van der Waals surface area contributed by atoms with Crippen molar-refractivity contribution in [1.29, 1.82) is 0 Å². The molecule has 0 unspecified atom stereocenters. The Morgan fingerprint density at radius 2 is 2.00 bits per heavy atom. The number of nitrogens with one attached hydrogen (secondary N) is 2. The molecule has 0 saturated heterocycles. The molecule has 0 saturated carbocycles. The van der Waals surface area contributed by atoms with Gasteiger partial charge < -0.3 is 10.3 Å². The minimum atomic E-state index is -0.118. The normalized spacial score (nSPS) is 11.1. The van der Waals surface area contributed by atoms with E-state index in [0.717, 1.165) is 21.6 Å². The highest BCUT2D eigenvalue weighted by molar-refractivity contribution is 8.00. The second-order valence-electron chi connectivity index (χ2n) is 6.28. The van der Waals surface area contributed by atoms with Crippen LogP contribution in [-0.2, 0) is 12.2 Å². The Labute approximate surface area is 170 Å². The van der Waals surface area contributed by atoms with Crippen LogP contribution < -0.4 is 10.9 Å². The van der Waals surface area contributed by atoms with Gasteiger partial charge in [0.25, 0.3) is 5.56 Å². The van der Waals surface area contributed by atoms with Crippen LogP contribution in [0.25, 0.3) is 10.9 Å². The minimum Gasteiger partial charge on any atom is -0.330 e. The van der Waals surface area contributed by atoms with Gasteiger partial charge in [0.2, 0.25) is 5.13 Å². The first-order valence-electron chi connectivity index (χ1n) is 8.94. The minimum absolute atomic E-state index is 0.118. The van der Waals surface area contributed by atoms with Crippen LogP contribution in [0.1, 0.15) is 23.9 Å². The number of benzene rings is 2. The van der Waals surface area contributed by atoms with E-state index in [1.807, 2.05) is 18.2 Å². The first-order valence-corrected chi connectivity index (χ1v) is 10.7. The predicted octanol–water partition coefficient (Wildman–Crippen LogP) is 4.68. The average molecular weight is 410 g/mol. The maximum Gasteiger partial charge on any atom is 0.258 e. The number of nitrogens with zero attached hydrogens (tertiary/aromatic N) is 3. The molecule has 0 bridgehead atoms. The molecular formula is C20H19N5OS2. The Morgan fingerprint density at radius 3 is 2.86 bits per heavy atom. The number of para-hydroxylation sites is 2. The summed E-state index contributed by atoms with van der Waals surface area (Å²) in [6.07, 6.45) is 0.950. The van der Waals surface area contributed by atoms with Gasteiger partial charge in [-0.2, -0.15) is 0 Å². The quantitative estimate of drug-likeness (QED) is 0.450. The maximum absolute atomic E-state index is 12.2. The Morgan fingerprint density at radius 1 is 1.14 bits per heavy atom. The van der Waals surface area contributed by atoms with Crippen molar-refractivity contribution in [2.45, 2.75) is 30.4 Å². The zero-order valence-electron chi connectivity index (χ0n) is 15.5. The summed E-state index contributed by atoms with van der Waals surface area (Å²) in [7, 11) is 0. The second-order valence-corrected chi connectivity index (χ2v) is 8.48. The number of hydrogen-bond acceptors (Lipinski definition) is 7. The van der Waals surface area contributed by atoms with Crippen molar-refractivity contribution < 1.29 is 0 Å². The van der Waals surface area contributed by atoms with Crippen molar-refractivity contribution in [3.63, 3.8) is 0 Å². The van der Waals surface area contributed by atoms with E-state index in [9.17, 15) is 4.79 Å². The Kier molecular flexibility index (Phi) is 5.40. The van der Waals surface area contributed by atoms with Crippen molar-refractivity contribution in [2.24, 2.45) is 0 Å². The van der Waals surface area contributed by atoms with E-state index in [1.54, 1.807) is 6.07 Å². The molecule has 0 aliphatic rings. The van der Waals surface area contributed by atoms with Crippen LogP contribution in [-0.4, -0.2) is 20.2 Å². The lowest BCUT2D eigenvalue weighted by Crippen LogP contribution is -2.11. The van der Waals surface area contributed by atoms with Crippen LogP contribution in [0.4, 0.5) is 10.8 Å². The van der Waals surface area contributed by atoms with Crippen LogP contribution in [0.15, 0.2) is 51.6 Å². The fourth-order valence-electron chi connectivity index (χ4n) is 2.96. The van der Waals surface area contributed by atoms with E-state index >= 15 is 0 Å². The largest absolute Gasteiger partial charge is 0.330 e.